The van der Waals surface area contributed by atoms with Crippen molar-refractivity contribution in [3.8, 4) is 0 Å². The first-order valence-electron chi connectivity index (χ1n) is 5.82. The molecule has 0 radical (unpaired) electrons. The largest absolute Gasteiger partial charge is 0.478 e. The number of pyridine rings is 1. The van der Waals surface area contributed by atoms with Crippen molar-refractivity contribution in [2.75, 3.05) is 26.4 Å². The highest BCUT2D eigenvalue weighted by atomic mass is 16.5. The lowest BCUT2D eigenvalue weighted by atomic mass is 10.2. The van der Waals surface area contributed by atoms with E-state index in [1.165, 1.54) is 18.3 Å². The average Bonchev–Trinajstić information content (AvgIpc) is 2.42. The van der Waals surface area contributed by atoms with Crippen molar-refractivity contribution in [3.05, 3.63) is 29.6 Å². The fourth-order valence-corrected chi connectivity index (χ4v) is 1.39. The van der Waals surface area contributed by atoms with Crippen LogP contribution in [0.1, 0.15) is 27.3 Å². The Labute approximate surface area is 110 Å². The number of carboxylic acids is 1. The fraction of sp³-hybridized carbons (Fsp3) is 0.417. The standard InChI is InChI=1S/C12H16N2O5/c15-6-8-19-7-2-5-14-11(16)10-9(12(17)18)3-1-4-13-10/h1,3-4,15H,2,5-8H2,(H,14,16)(H,17,18). The van der Waals surface area contributed by atoms with Crippen LogP contribution in [0.2, 0.25) is 0 Å². The maximum absolute atomic E-state index is 11.7. The summed E-state index contributed by atoms with van der Waals surface area (Å²) in [6.07, 6.45) is 1.94. The van der Waals surface area contributed by atoms with E-state index in [0.29, 0.717) is 19.6 Å². The summed E-state index contributed by atoms with van der Waals surface area (Å²) in [6.45, 7) is 0.981. The zero-order valence-electron chi connectivity index (χ0n) is 10.3. The van der Waals surface area contributed by atoms with Crippen molar-refractivity contribution in [2.45, 2.75) is 6.42 Å². The zero-order valence-corrected chi connectivity index (χ0v) is 10.3. The number of aliphatic hydroxyl groups is 1. The normalized spacial score (nSPS) is 10.2. The third-order valence-electron chi connectivity index (χ3n) is 2.24. The number of hydrogen-bond donors (Lipinski definition) is 3. The van der Waals surface area contributed by atoms with Gasteiger partial charge in [0.1, 0.15) is 5.69 Å². The lowest BCUT2D eigenvalue weighted by Gasteiger charge is -2.06. The number of hydrogen-bond acceptors (Lipinski definition) is 5. The molecule has 0 aliphatic heterocycles. The van der Waals surface area contributed by atoms with Crippen LogP contribution in [0, 0.1) is 0 Å². The Kier molecular flexibility index (Phi) is 6.48. The molecule has 7 heteroatoms. The minimum atomic E-state index is -1.19. The number of rotatable bonds is 8. The number of ether oxygens (including phenoxy) is 1. The van der Waals surface area contributed by atoms with Gasteiger partial charge < -0.3 is 20.3 Å². The molecule has 0 saturated heterocycles. The molecule has 0 atom stereocenters. The molecule has 0 unspecified atom stereocenters. The number of carbonyl (C=O) groups is 2. The predicted molar refractivity (Wildman–Crippen MR) is 66.1 cm³/mol. The Hall–Kier alpha value is -1.99. The van der Waals surface area contributed by atoms with Crippen molar-refractivity contribution in [2.24, 2.45) is 0 Å². The molecule has 1 aromatic rings. The van der Waals surface area contributed by atoms with Gasteiger partial charge in [0.2, 0.25) is 0 Å². The number of aromatic nitrogens is 1. The summed E-state index contributed by atoms with van der Waals surface area (Å²) in [5, 5.41) is 20.0. The van der Waals surface area contributed by atoms with Crippen molar-refractivity contribution in [1.82, 2.24) is 10.3 Å². The first-order valence-corrected chi connectivity index (χ1v) is 5.82. The van der Waals surface area contributed by atoms with Gasteiger partial charge in [-0.1, -0.05) is 0 Å². The maximum atomic E-state index is 11.7. The molecule has 1 rings (SSSR count). The molecule has 0 bridgehead atoms. The smallest absolute Gasteiger partial charge is 0.338 e. The third-order valence-corrected chi connectivity index (χ3v) is 2.24. The van der Waals surface area contributed by atoms with Gasteiger partial charge in [0.15, 0.2) is 0 Å². The van der Waals surface area contributed by atoms with E-state index in [9.17, 15) is 9.59 Å². The second-order valence-corrected chi connectivity index (χ2v) is 3.65. The van der Waals surface area contributed by atoms with Gasteiger partial charge in [0, 0.05) is 19.3 Å². The molecule has 3 N–H and O–H groups in total. The third kappa shape index (κ3) is 5.02. The van der Waals surface area contributed by atoms with Crippen molar-refractivity contribution >= 4 is 11.9 Å². The van der Waals surface area contributed by atoms with Crippen LogP contribution in [0.4, 0.5) is 0 Å². The Balaban J connectivity index is 2.43. The number of nitrogens with one attached hydrogen (secondary N) is 1. The van der Waals surface area contributed by atoms with E-state index >= 15 is 0 Å². The van der Waals surface area contributed by atoms with Crippen LogP contribution >= 0.6 is 0 Å². The molecule has 0 aliphatic carbocycles. The lowest BCUT2D eigenvalue weighted by molar-refractivity contribution is 0.0689. The summed E-state index contributed by atoms with van der Waals surface area (Å²) in [4.78, 5) is 26.4. The van der Waals surface area contributed by atoms with Crippen LogP contribution in [-0.2, 0) is 4.74 Å². The van der Waals surface area contributed by atoms with E-state index in [2.05, 4.69) is 10.3 Å². The molecule has 104 valence electrons. The molecule has 0 aromatic carbocycles. The molecule has 0 fully saturated rings. The topological polar surface area (TPSA) is 109 Å². The van der Waals surface area contributed by atoms with Gasteiger partial charge >= 0.3 is 5.97 Å². The molecule has 1 amide bonds. The SMILES string of the molecule is O=C(O)c1cccnc1C(=O)NCCCOCCO. The minimum Gasteiger partial charge on any atom is -0.478 e. The first kappa shape index (κ1) is 15.1. The second-order valence-electron chi connectivity index (χ2n) is 3.65. The van der Waals surface area contributed by atoms with E-state index in [1.54, 1.807) is 0 Å². The second kappa shape index (κ2) is 8.17. The molecule has 1 aromatic heterocycles. The maximum Gasteiger partial charge on any atom is 0.338 e. The highest BCUT2D eigenvalue weighted by Gasteiger charge is 2.16. The van der Waals surface area contributed by atoms with Crippen LogP contribution in [-0.4, -0.2) is 53.4 Å². The molecular formula is C12H16N2O5. The zero-order chi connectivity index (χ0) is 14.1. The van der Waals surface area contributed by atoms with Gasteiger partial charge in [-0.15, -0.1) is 0 Å². The summed E-state index contributed by atoms with van der Waals surface area (Å²) in [5.41, 5.74) is -0.234. The van der Waals surface area contributed by atoms with Gasteiger partial charge in [-0.25, -0.2) is 4.79 Å². The van der Waals surface area contributed by atoms with E-state index in [1.807, 2.05) is 0 Å². The lowest BCUT2D eigenvalue weighted by Crippen LogP contribution is -2.28. The number of aliphatic hydroxyl groups excluding tert-OH is 1. The Morgan fingerprint density at radius 1 is 1.37 bits per heavy atom. The molecule has 1 heterocycles. The first-order chi connectivity index (χ1) is 9.16. The van der Waals surface area contributed by atoms with E-state index < -0.39 is 11.9 Å². The number of amides is 1. The van der Waals surface area contributed by atoms with Crippen molar-refractivity contribution in [3.63, 3.8) is 0 Å². The molecule has 0 spiro atoms. The fourth-order valence-electron chi connectivity index (χ4n) is 1.39. The molecule has 0 saturated carbocycles. The van der Waals surface area contributed by atoms with E-state index in [0.717, 1.165) is 0 Å². The number of nitrogens with zero attached hydrogens (tertiary/aromatic N) is 1. The number of carboxylic acid groups (broad SMARTS) is 1. The van der Waals surface area contributed by atoms with Gasteiger partial charge in [-0.3, -0.25) is 9.78 Å². The number of carbonyl (C=O) groups excluding carboxylic acids is 1. The van der Waals surface area contributed by atoms with Crippen LogP contribution in [0.15, 0.2) is 18.3 Å². The Morgan fingerprint density at radius 2 is 2.16 bits per heavy atom. The van der Waals surface area contributed by atoms with Crippen LogP contribution in [0.25, 0.3) is 0 Å². The summed E-state index contributed by atoms with van der Waals surface area (Å²) in [6, 6.07) is 2.79. The Bertz CT molecular complexity index is 436. The van der Waals surface area contributed by atoms with Gasteiger partial charge in [-0.2, -0.15) is 0 Å². The molecule has 0 aliphatic rings. The van der Waals surface area contributed by atoms with Gasteiger partial charge in [0.25, 0.3) is 5.91 Å². The molecule has 7 nitrogen and oxygen atoms in total. The minimum absolute atomic E-state index is 0.0394. The summed E-state index contributed by atoms with van der Waals surface area (Å²) >= 11 is 0. The monoisotopic (exact) mass is 268 g/mol. The van der Waals surface area contributed by atoms with Gasteiger partial charge in [0.05, 0.1) is 18.8 Å². The van der Waals surface area contributed by atoms with Crippen molar-refractivity contribution in [1.29, 1.82) is 0 Å². The van der Waals surface area contributed by atoms with Crippen LogP contribution in [0.3, 0.4) is 0 Å². The van der Waals surface area contributed by atoms with Gasteiger partial charge in [-0.05, 0) is 18.6 Å². The summed E-state index contributed by atoms with van der Waals surface area (Å²) < 4.78 is 5.02. The number of aromatic carboxylic acids is 1. The van der Waals surface area contributed by atoms with Crippen LogP contribution < -0.4 is 5.32 Å². The quantitative estimate of drug-likeness (QED) is 0.568. The van der Waals surface area contributed by atoms with Crippen LogP contribution in [0.5, 0.6) is 0 Å². The van der Waals surface area contributed by atoms with E-state index in [4.69, 9.17) is 14.9 Å². The Morgan fingerprint density at radius 3 is 2.84 bits per heavy atom. The molecular weight excluding hydrogens is 252 g/mol. The van der Waals surface area contributed by atoms with E-state index in [-0.39, 0.29) is 24.5 Å². The summed E-state index contributed by atoms with van der Waals surface area (Å²) in [7, 11) is 0. The average molecular weight is 268 g/mol. The van der Waals surface area contributed by atoms with Crippen molar-refractivity contribution < 1.29 is 24.5 Å². The summed E-state index contributed by atoms with van der Waals surface area (Å²) in [5.74, 6) is -1.72. The highest BCUT2D eigenvalue weighted by Crippen LogP contribution is 2.04. The molecule has 19 heavy (non-hydrogen) atoms. The predicted octanol–water partition coefficient (Wildman–Crippen LogP) is -0.0914. The highest BCUT2D eigenvalue weighted by molar-refractivity contribution is 6.03.